The molecule has 2 heterocycles. The lowest BCUT2D eigenvalue weighted by molar-refractivity contribution is 1.02. The molecule has 2 N–H and O–H groups in total. The molecule has 0 fully saturated rings. The molecule has 0 bridgehead atoms. The first-order chi connectivity index (χ1) is 7.49. The molecule has 2 aromatic rings. The zero-order chi connectivity index (χ0) is 11.9. The molecular weight excluding hydrogens is 204 g/mol. The Morgan fingerprint density at radius 2 is 1.56 bits per heavy atom. The normalized spacial score (nSPS) is 10.8. The fraction of sp³-hybridized carbons (Fsp3) is 0.400. The van der Waals surface area contributed by atoms with Crippen LogP contribution in [0.5, 0.6) is 0 Å². The van der Waals surface area contributed by atoms with Gasteiger partial charge in [0.05, 0.1) is 11.4 Å². The van der Waals surface area contributed by atoms with Crippen LogP contribution < -0.4 is 10.6 Å². The molecule has 0 aromatic carbocycles. The van der Waals surface area contributed by atoms with Crippen molar-refractivity contribution < 1.29 is 0 Å². The number of nitrogens with two attached hydrogens (primary N) is 1. The monoisotopic (exact) mass is 218 g/mol. The molecule has 0 radical (unpaired) electrons. The summed E-state index contributed by atoms with van der Waals surface area (Å²) in [5.74, 6) is 0.909. The average molecular weight is 218 g/mol. The van der Waals surface area contributed by atoms with E-state index in [-0.39, 0.29) is 5.95 Å². The first-order valence-corrected chi connectivity index (χ1v) is 4.95. The Hall–Kier alpha value is -1.98. The lowest BCUT2D eigenvalue weighted by atomic mass is 10.3. The maximum Gasteiger partial charge on any atom is 0.224 e. The second kappa shape index (κ2) is 3.55. The molecule has 6 heteroatoms. The smallest absolute Gasteiger partial charge is 0.224 e. The number of aromatic nitrogens is 4. The van der Waals surface area contributed by atoms with Crippen molar-refractivity contribution in [3.05, 3.63) is 11.4 Å². The lowest BCUT2D eigenvalue weighted by Gasteiger charge is -2.13. The van der Waals surface area contributed by atoms with Gasteiger partial charge in [0.1, 0.15) is 0 Å². The van der Waals surface area contributed by atoms with Gasteiger partial charge >= 0.3 is 0 Å². The number of hydrogen-bond acceptors (Lipinski definition) is 6. The molecule has 16 heavy (non-hydrogen) atoms. The van der Waals surface area contributed by atoms with Crippen LogP contribution in [0.15, 0.2) is 0 Å². The highest BCUT2D eigenvalue weighted by atomic mass is 15.2. The number of fused-ring (bicyclic) bond motifs is 1. The van der Waals surface area contributed by atoms with Crippen LogP contribution in [0, 0.1) is 13.8 Å². The van der Waals surface area contributed by atoms with Crippen molar-refractivity contribution in [1.29, 1.82) is 0 Å². The Morgan fingerprint density at radius 1 is 0.938 bits per heavy atom. The largest absolute Gasteiger partial charge is 0.368 e. The van der Waals surface area contributed by atoms with Gasteiger partial charge in [-0.3, -0.25) is 0 Å². The summed E-state index contributed by atoms with van der Waals surface area (Å²) in [4.78, 5) is 18.9. The number of anilines is 2. The molecule has 0 spiro atoms. The van der Waals surface area contributed by atoms with Crippen LogP contribution in [0.25, 0.3) is 11.2 Å². The first-order valence-electron chi connectivity index (χ1n) is 4.95. The zero-order valence-corrected chi connectivity index (χ0v) is 9.81. The lowest BCUT2D eigenvalue weighted by Crippen LogP contribution is -2.14. The van der Waals surface area contributed by atoms with Gasteiger partial charge in [-0.05, 0) is 13.8 Å². The SMILES string of the molecule is Cc1nc2nc(N)nc(N(C)C)c2nc1C. The molecule has 0 unspecified atom stereocenters. The number of hydrogen-bond donors (Lipinski definition) is 1. The molecule has 0 amide bonds. The fourth-order valence-corrected chi connectivity index (χ4v) is 1.43. The van der Waals surface area contributed by atoms with E-state index >= 15 is 0 Å². The van der Waals surface area contributed by atoms with E-state index in [0.29, 0.717) is 17.0 Å². The number of rotatable bonds is 1. The van der Waals surface area contributed by atoms with E-state index in [9.17, 15) is 0 Å². The Bertz CT molecular complexity index is 548. The van der Waals surface area contributed by atoms with Crippen LogP contribution in [0.1, 0.15) is 11.4 Å². The molecule has 0 saturated carbocycles. The minimum atomic E-state index is 0.216. The van der Waals surface area contributed by atoms with E-state index < -0.39 is 0 Å². The molecule has 2 aromatic heterocycles. The Balaban J connectivity index is 2.85. The highest BCUT2D eigenvalue weighted by Crippen LogP contribution is 2.20. The summed E-state index contributed by atoms with van der Waals surface area (Å²) in [5, 5.41) is 0. The number of nitrogens with zero attached hydrogens (tertiary/aromatic N) is 5. The van der Waals surface area contributed by atoms with Crippen LogP contribution in [-0.4, -0.2) is 34.0 Å². The van der Waals surface area contributed by atoms with E-state index in [1.54, 1.807) is 0 Å². The summed E-state index contributed by atoms with van der Waals surface area (Å²) in [5.41, 5.74) is 8.59. The van der Waals surface area contributed by atoms with Gasteiger partial charge in [-0.2, -0.15) is 9.97 Å². The summed E-state index contributed by atoms with van der Waals surface area (Å²) in [6, 6.07) is 0. The minimum Gasteiger partial charge on any atom is -0.368 e. The molecule has 0 atom stereocenters. The summed E-state index contributed by atoms with van der Waals surface area (Å²) >= 11 is 0. The standard InChI is InChI=1S/C10H14N6/c1-5-6(2)13-8-7(12-5)9(16(3)4)15-10(11)14-8/h1-4H3,(H2,11,13,14,15). The maximum absolute atomic E-state index is 5.63. The van der Waals surface area contributed by atoms with Crippen LogP contribution in [0.3, 0.4) is 0 Å². The Morgan fingerprint density at radius 3 is 2.19 bits per heavy atom. The molecule has 0 aliphatic heterocycles. The number of nitrogen functional groups attached to an aromatic ring is 1. The van der Waals surface area contributed by atoms with Gasteiger partial charge in [-0.1, -0.05) is 0 Å². The van der Waals surface area contributed by atoms with Gasteiger partial charge in [0.15, 0.2) is 17.0 Å². The topological polar surface area (TPSA) is 80.8 Å². The van der Waals surface area contributed by atoms with Crippen LogP contribution in [-0.2, 0) is 0 Å². The minimum absolute atomic E-state index is 0.216. The second-order valence-corrected chi connectivity index (χ2v) is 3.87. The predicted octanol–water partition coefficient (Wildman–Crippen LogP) is 0.685. The predicted molar refractivity (Wildman–Crippen MR) is 63.3 cm³/mol. The van der Waals surface area contributed by atoms with Crippen molar-refractivity contribution >= 4 is 22.9 Å². The van der Waals surface area contributed by atoms with Crippen LogP contribution in [0.4, 0.5) is 11.8 Å². The van der Waals surface area contributed by atoms with E-state index in [2.05, 4.69) is 19.9 Å². The third kappa shape index (κ3) is 1.62. The van der Waals surface area contributed by atoms with Gasteiger partial charge in [-0.15, -0.1) is 0 Å². The first kappa shape index (κ1) is 10.5. The van der Waals surface area contributed by atoms with E-state index in [1.807, 2.05) is 32.8 Å². The quantitative estimate of drug-likeness (QED) is 0.758. The van der Waals surface area contributed by atoms with E-state index in [0.717, 1.165) is 11.4 Å². The number of aryl methyl sites for hydroxylation is 2. The third-order valence-electron chi connectivity index (χ3n) is 2.36. The van der Waals surface area contributed by atoms with Crippen molar-refractivity contribution in [2.75, 3.05) is 24.7 Å². The summed E-state index contributed by atoms with van der Waals surface area (Å²) in [6.45, 7) is 3.81. The van der Waals surface area contributed by atoms with Gasteiger partial charge in [-0.25, -0.2) is 9.97 Å². The van der Waals surface area contributed by atoms with E-state index in [4.69, 9.17) is 5.73 Å². The highest BCUT2D eigenvalue weighted by molar-refractivity contribution is 5.83. The summed E-state index contributed by atoms with van der Waals surface area (Å²) < 4.78 is 0. The van der Waals surface area contributed by atoms with Crippen molar-refractivity contribution in [1.82, 2.24) is 19.9 Å². The average Bonchev–Trinajstić information content (AvgIpc) is 2.19. The van der Waals surface area contributed by atoms with Crippen molar-refractivity contribution in [3.63, 3.8) is 0 Å². The molecule has 2 rings (SSSR count). The van der Waals surface area contributed by atoms with Crippen LogP contribution >= 0.6 is 0 Å². The van der Waals surface area contributed by atoms with Crippen molar-refractivity contribution in [3.8, 4) is 0 Å². The molecule has 84 valence electrons. The van der Waals surface area contributed by atoms with Gasteiger partial charge in [0.2, 0.25) is 5.95 Å². The van der Waals surface area contributed by atoms with Gasteiger partial charge < -0.3 is 10.6 Å². The summed E-state index contributed by atoms with van der Waals surface area (Å²) in [6.07, 6.45) is 0. The van der Waals surface area contributed by atoms with E-state index in [1.165, 1.54) is 0 Å². The Kier molecular flexibility index (Phi) is 2.34. The fourth-order valence-electron chi connectivity index (χ4n) is 1.43. The third-order valence-corrected chi connectivity index (χ3v) is 2.36. The molecule has 0 aliphatic rings. The molecular formula is C10H14N6. The molecule has 0 saturated heterocycles. The van der Waals surface area contributed by atoms with Crippen LogP contribution in [0.2, 0.25) is 0 Å². The highest BCUT2D eigenvalue weighted by Gasteiger charge is 2.12. The summed E-state index contributed by atoms with van der Waals surface area (Å²) in [7, 11) is 3.77. The van der Waals surface area contributed by atoms with Gasteiger partial charge in [0, 0.05) is 14.1 Å². The van der Waals surface area contributed by atoms with Crippen molar-refractivity contribution in [2.45, 2.75) is 13.8 Å². The molecule has 6 nitrogen and oxygen atoms in total. The second-order valence-electron chi connectivity index (χ2n) is 3.87. The van der Waals surface area contributed by atoms with Gasteiger partial charge in [0.25, 0.3) is 0 Å². The zero-order valence-electron chi connectivity index (χ0n) is 9.81. The maximum atomic E-state index is 5.63. The molecule has 0 aliphatic carbocycles. The Labute approximate surface area is 93.6 Å². The van der Waals surface area contributed by atoms with Crippen molar-refractivity contribution in [2.24, 2.45) is 0 Å².